The van der Waals surface area contributed by atoms with Gasteiger partial charge in [-0.2, -0.15) is 4.90 Å². The zero-order valence-corrected chi connectivity index (χ0v) is 28.1. The van der Waals surface area contributed by atoms with Crippen molar-refractivity contribution in [2.75, 3.05) is 5.75 Å². The molecule has 2 aliphatic rings. The van der Waals surface area contributed by atoms with E-state index in [2.05, 4.69) is 4.99 Å². The number of imide groups is 1. The van der Waals surface area contributed by atoms with Crippen molar-refractivity contribution in [3.63, 3.8) is 0 Å². The van der Waals surface area contributed by atoms with Gasteiger partial charge in [-0.05, 0) is 102 Å². The number of amides is 2. The van der Waals surface area contributed by atoms with E-state index in [4.69, 9.17) is 18.8 Å². The van der Waals surface area contributed by atoms with Crippen LogP contribution in [0.3, 0.4) is 0 Å². The molecule has 2 heterocycles. The van der Waals surface area contributed by atoms with E-state index < -0.39 is 90.6 Å². The van der Waals surface area contributed by atoms with E-state index in [1.54, 1.807) is 69.2 Å². The van der Waals surface area contributed by atoms with Crippen LogP contribution in [0, 0.1) is 11.6 Å². The van der Waals surface area contributed by atoms with E-state index in [-0.39, 0.29) is 5.46 Å². The minimum Gasteiger partial charge on any atom is -0.443 e. The van der Waals surface area contributed by atoms with Crippen molar-refractivity contribution in [3.05, 3.63) is 29.3 Å². The zero-order chi connectivity index (χ0) is 33.4. The first kappa shape index (κ1) is 34.9. The van der Waals surface area contributed by atoms with Crippen LogP contribution in [0.2, 0.25) is 0 Å². The summed E-state index contributed by atoms with van der Waals surface area (Å²) in [6, 6.07) is 2.16. The van der Waals surface area contributed by atoms with Crippen LogP contribution in [0.25, 0.3) is 0 Å². The molecule has 43 heavy (non-hydrogen) atoms. The van der Waals surface area contributed by atoms with Gasteiger partial charge in [0, 0.05) is 5.56 Å². The maximum Gasteiger partial charge on any atom is 0.494 e. The highest BCUT2D eigenvalue weighted by atomic mass is 32.2. The molecule has 3 rings (SSSR count). The number of nitrogens with zero attached hydrogens (tertiary/aromatic N) is 2. The molecule has 1 fully saturated rings. The number of hydrogen-bond donors (Lipinski definition) is 0. The Hall–Kier alpha value is -2.58. The Labute approximate surface area is 253 Å². The fourth-order valence-electron chi connectivity index (χ4n) is 4.53. The third kappa shape index (κ3) is 6.75. The minimum atomic E-state index is -4.30. The van der Waals surface area contributed by atoms with E-state index in [9.17, 15) is 18.0 Å². The van der Waals surface area contributed by atoms with Gasteiger partial charge in [-0.3, -0.25) is 4.99 Å². The van der Waals surface area contributed by atoms with E-state index in [0.29, 0.717) is 4.90 Å². The van der Waals surface area contributed by atoms with Gasteiger partial charge in [0.1, 0.15) is 27.3 Å². The van der Waals surface area contributed by atoms with Crippen LogP contribution in [0.15, 0.2) is 17.1 Å². The molecule has 1 atom stereocenters. The first-order valence-corrected chi connectivity index (χ1v) is 15.6. The highest BCUT2D eigenvalue weighted by Gasteiger charge is 2.56. The highest BCUT2D eigenvalue weighted by molar-refractivity contribution is 7.93. The third-order valence-electron chi connectivity index (χ3n) is 7.66. The van der Waals surface area contributed by atoms with Crippen molar-refractivity contribution >= 4 is 40.4 Å². The van der Waals surface area contributed by atoms with Crippen molar-refractivity contribution in [2.24, 2.45) is 4.99 Å². The summed E-state index contributed by atoms with van der Waals surface area (Å²) in [6.45, 7) is 20.4. The van der Waals surface area contributed by atoms with Crippen LogP contribution >= 0.6 is 0 Å². The normalized spacial score (nSPS) is 24.3. The number of amidine groups is 1. The van der Waals surface area contributed by atoms with Gasteiger partial charge in [0.25, 0.3) is 0 Å². The number of rotatable bonds is 2. The second-order valence-corrected chi connectivity index (χ2v) is 17.3. The molecule has 0 bridgehead atoms. The highest BCUT2D eigenvalue weighted by Crippen LogP contribution is 2.41. The van der Waals surface area contributed by atoms with Crippen LogP contribution < -0.4 is 5.46 Å². The van der Waals surface area contributed by atoms with Gasteiger partial charge in [0.15, 0.2) is 21.5 Å². The summed E-state index contributed by atoms with van der Waals surface area (Å²) < 4.78 is 79.5. The predicted molar refractivity (Wildman–Crippen MR) is 159 cm³/mol. The molecule has 1 saturated heterocycles. The number of hydrogen-bond acceptors (Lipinski definition) is 9. The summed E-state index contributed by atoms with van der Waals surface area (Å²) in [5.74, 6) is -3.96. The Morgan fingerprint density at radius 3 is 1.74 bits per heavy atom. The van der Waals surface area contributed by atoms with Gasteiger partial charge >= 0.3 is 19.3 Å². The van der Waals surface area contributed by atoms with Gasteiger partial charge in [-0.25, -0.2) is 26.8 Å². The molecule has 1 aromatic rings. The van der Waals surface area contributed by atoms with E-state index >= 15 is 8.78 Å². The number of carbonyl (C=O) groups is 2. The molecule has 0 radical (unpaired) electrons. The average Bonchev–Trinajstić information content (AvgIpc) is 2.98. The molecular formula is C29H43BF2N2O8S. The lowest BCUT2D eigenvalue weighted by atomic mass is 9.76. The molecule has 0 saturated carbocycles. The van der Waals surface area contributed by atoms with Gasteiger partial charge < -0.3 is 18.8 Å². The summed E-state index contributed by atoms with van der Waals surface area (Å²) >= 11 is 0. The number of aliphatic imine (C=N–C) groups is 1. The average molecular weight is 629 g/mol. The molecule has 0 aliphatic carbocycles. The Morgan fingerprint density at radius 1 is 0.884 bits per heavy atom. The second-order valence-electron chi connectivity index (χ2n) is 14.7. The first-order valence-electron chi connectivity index (χ1n) is 14.0. The molecule has 0 spiro atoms. The molecule has 10 nitrogen and oxygen atoms in total. The number of carbonyl (C=O) groups excluding carboxylic acids is 2. The number of ether oxygens (including phenoxy) is 2. The van der Waals surface area contributed by atoms with Crippen molar-refractivity contribution in [1.82, 2.24) is 4.90 Å². The molecule has 0 aromatic heterocycles. The summed E-state index contributed by atoms with van der Waals surface area (Å²) in [5.41, 5.74) is -6.10. The largest absolute Gasteiger partial charge is 0.494 e. The lowest BCUT2D eigenvalue weighted by Gasteiger charge is -2.42. The topological polar surface area (TPSA) is 121 Å². The second kappa shape index (κ2) is 10.5. The standard InChI is InChI=1S/C29H43BF2N2O8S/c1-24(2,3)39-22(35)34(23(36)40-25(4,5)6)21-26(7,8)43(37,38)16-29(13,33-21)18-14-17(15-19(31)20(18)32)30-41-27(9,10)28(11,12)42-30/h14-15H,16H2,1-13H3/t29-/m0/s1. The summed E-state index contributed by atoms with van der Waals surface area (Å²) in [7, 11) is -5.40. The van der Waals surface area contributed by atoms with E-state index in [0.717, 1.165) is 6.07 Å². The van der Waals surface area contributed by atoms with Crippen LogP contribution in [0.4, 0.5) is 18.4 Å². The quantitative estimate of drug-likeness (QED) is 0.407. The number of halogens is 2. The van der Waals surface area contributed by atoms with Crippen LogP contribution in [0.5, 0.6) is 0 Å². The van der Waals surface area contributed by atoms with Gasteiger partial charge in [-0.1, -0.05) is 6.07 Å². The van der Waals surface area contributed by atoms with Crippen molar-refractivity contribution < 1.29 is 45.6 Å². The third-order valence-corrected chi connectivity index (χ3v) is 10.3. The molecule has 2 aliphatic heterocycles. The predicted octanol–water partition coefficient (Wildman–Crippen LogP) is 5.26. The number of benzene rings is 1. The Balaban J connectivity index is 2.29. The smallest absolute Gasteiger partial charge is 0.443 e. The molecule has 0 N–H and O–H groups in total. The van der Waals surface area contributed by atoms with Gasteiger partial charge in [0.2, 0.25) is 0 Å². The first-order chi connectivity index (χ1) is 19.0. The van der Waals surface area contributed by atoms with Crippen LogP contribution in [-0.2, 0) is 34.2 Å². The minimum absolute atomic E-state index is 0.101. The fourth-order valence-corrected chi connectivity index (χ4v) is 6.26. The van der Waals surface area contributed by atoms with Crippen molar-refractivity contribution in [2.45, 2.75) is 123 Å². The van der Waals surface area contributed by atoms with Crippen LogP contribution in [-0.4, -0.2) is 71.4 Å². The maximum absolute atomic E-state index is 15.6. The zero-order valence-electron chi connectivity index (χ0n) is 27.3. The molecular weight excluding hydrogens is 585 g/mol. The Kier molecular flexibility index (Phi) is 8.53. The molecule has 240 valence electrons. The van der Waals surface area contributed by atoms with E-state index in [1.807, 2.05) is 0 Å². The maximum atomic E-state index is 15.6. The Morgan fingerprint density at radius 2 is 1.33 bits per heavy atom. The summed E-state index contributed by atoms with van der Waals surface area (Å²) in [6.07, 6.45) is -2.49. The van der Waals surface area contributed by atoms with Crippen molar-refractivity contribution in [3.8, 4) is 0 Å². The number of sulfone groups is 1. The van der Waals surface area contributed by atoms with Gasteiger partial charge in [0.05, 0.1) is 17.0 Å². The van der Waals surface area contributed by atoms with Gasteiger partial charge in [-0.15, -0.1) is 0 Å². The van der Waals surface area contributed by atoms with Crippen LogP contribution in [0.1, 0.15) is 95.6 Å². The summed E-state index contributed by atoms with van der Waals surface area (Å²) in [5, 5.41) is 0. The van der Waals surface area contributed by atoms with Crippen molar-refractivity contribution in [1.29, 1.82) is 0 Å². The molecule has 0 unspecified atom stereocenters. The summed E-state index contributed by atoms with van der Waals surface area (Å²) in [4.78, 5) is 31.9. The molecule has 1 aromatic carbocycles. The monoisotopic (exact) mass is 628 g/mol. The SMILES string of the molecule is CC(C)(C)OC(=O)N(C(=O)OC(C)(C)C)C1=N[C@](C)(c2cc(B3OC(C)(C)C(C)(C)O3)cc(F)c2F)CS(=O)(=O)C1(C)C. The van der Waals surface area contributed by atoms with E-state index in [1.165, 1.54) is 26.8 Å². The fraction of sp³-hybridized carbons (Fsp3) is 0.690. The Bertz CT molecular complexity index is 1420. The lowest BCUT2D eigenvalue weighted by Crippen LogP contribution is -2.61. The lowest BCUT2D eigenvalue weighted by molar-refractivity contribution is 0.00578. The molecule has 14 heteroatoms. The molecule has 2 amide bonds.